The van der Waals surface area contributed by atoms with Crippen LogP contribution in [0.15, 0.2) is 60.7 Å². The number of unbranched alkanes of at least 4 members (excludes halogenated alkanes) is 2. The standard InChI is InChI=1S/C38H52N6O5/c1-27-13-16-33(35(24-27)49-22-8-4-5-12-36(45)44-20-17-29(18-21-44)43(2)3)42-38(47)30-15-14-28(25-32(30)40)26-41-37(46)31-10-6-7-11-34(31)48-23-9-19-39/h6-7,10-11,13-16,24-25,29H,4-5,8-9,12,17-23,26,39-40H2,1-3H3,(H,41,46)(H,42,47). The number of nitrogens with one attached hydrogen (secondary N) is 2. The highest BCUT2D eigenvalue weighted by Gasteiger charge is 2.23. The number of anilines is 2. The highest BCUT2D eigenvalue weighted by molar-refractivity contribution is 6.08. The summed E-state index contributed by atoms with van der Waals surface area (Å²) in [4.78, 5) is 43.0. The zero-order valence-corrected chi connectivity index (χ0v) is 29.1. The molecule has 11 nitrogen and oxygen atoms in total. The summed E-state index contributed by atoms with van der Waals surface area (Å²) in [5, 5.41) is 5.83. The second-order valence-electron chi connectivity index (χ2n) is 12.8. The molecule has 0 aromatic heterocycles. The fourth-order valence-corrected chi connectivity index (χ4v) is 5.82. The molecule has 4 rings (SSSR count). The van der Waals surface area contributed by atoms with Gasteiger partial charge in [-0.1, -0.05) is 24.3 Å². The molecule has 1 fully saturated rings. The number of benzene rings is 3. The van der Waals surface area contributed by atoms with Crippen LogP contribution in [0.5, 0.6) is 11.5 Å². The van der Waals surface area contributed by atoms with Crippen LogP contribution in [0.4, 0.5) is 11.4 Å². The maximum Gasteiger partial charge on any atom is 0.257 e. The van der Waals surface area contributed by atoms with E-state index in [2.05, 4.69) is 29.6 Å². The Morgan fingerprint density at radius 2 is 1.59 bits per heavy atom. The summed E-state index contributed by atoms with van der Waals surface area (Å²) in [7, 11) is 4.20. The van der Waals surface area contributed by atoms with Gasteiger partial charge in [-0.25, -0.2) is 0 Å². The molecule has 1 aliphatic rings. The number of carbonyl (C=O) groups excluding carboxylic acids is 3. The van der Waals surface area contributed by atoms with Crippen LogP contribution in [-0.2, 0) is 11.3 Å². The van der Waals surface area contributed by atoms with Crippen molar-refractivity contribution in [2.75, 3.05) is 58.0 Å². The molecule has 11 heteroatoms. The van der Waals surface area contributed by atoms with Crippen LogP contribution in [0, 0.1) is 6.92 Å². The third-order valence-electron chi connectivity index (χ3n) is 8.78. The number of aryl methyl sites for hydroxylation is 1. The number of nitrogens with zero attached hydrogens (tertiary/aromatic N) is 2. The smallest absolute Gasteiger partial charge is 0.257 e. The van der Waals surface area contributed by atoms with E-state index >= 15 is 0 Å². The third-order valence-corrected chi connectivity index (χ3v) is 8.78. The van der Waals surface area contributed by atoms with Crippen LogP contribution < -0.4 is 31.6 Å². The van der Waals surface area contributed by atoms with Crippen molar-refractivity contribution in [3.63, 3.8) is 0 Å². The molecule has 1 aliphatic heterocycles. The lowest BCUT2D eigenvalue weighted by Crippen LogP contribution is -2.44. The van der Waals surface area contributed by atoms with Crippen molar-refractivity contribution in [3.05, 3.63) is 82.9 Å². The van der Waals surface area contributed by atoms with Gasteiger partial charge in [-0.3, -0.25) is 14.4 Å². The average Bonchev–Trinajstić information content (AvgIpc) is 3.10. The van der Waals surface area contributed by atoms with Crippen molar-refractivity contribution in [2.45, 2.75) is 64.5 Å². The summed E-state index contributed by atoms with van der Waals surface area (Å²) in [5.41, 5.74) is 15.2. The van der Waals surface area contributed by atoms with Gasteiger partial charge in [-0.15, -0.1) is 0 Å². The van der Waals surface area contributed by atoms with Gasteiger partial charge in [0, 0.05) is 37.8 Å². The summed E-state index contributed by atoms with van der Waals surface area (Å²) >= 11 is 0. The van der Waals surface area contributed by atoms with Crippen molar-refractivity contribution in [3.8, 4) is 11.5 Å². The number of hydrogen-bond acceptors (Lipinski definition) is 8. The number of piperidine rings is 1. The third kappa shape index (κ3) is 11.2. The van der Waals surface area contributed by atoms with Gasteiger partial charge in [0.15, 0.2) is 0 Å². The molecule has 0 unspecified atom stereocenters. The normalized spacial score (nSPS) is 13.3. The summed E-state index contributed by atoms with van der Waals surface area (Å²) in [6.07, 6.45) is 5.81. The van der Waals surface area contributed by atoms with Crippen molar-refractivity contribution in [2.24, 2.45) is 5.73 Å². The average molecular weight is 673 g/mol. The van der Waals surface area contributed by atoms with E-state index < -0.39 is 0 Å². The van der Waals surface area contributed by atoms with Crippen LogP contribution in [-0.4, -0.2) is 80.5 Å². The van der Waals surface area contributed by atoms with Crippen molar-refractivity contribution in [1.82, 2.24) is 15.1 Å². The molecular formula is C38H52N6O5. The molecule has 0 spiro atoms. The van der Waals surface area contributed by atoms with Gasteiger partial charge in [-0.2, -0.15) is 0 Å². The Labute approximate surface area is 290 Å². The Bertz CT molecular complexity index is 1550. The molecule has 3 aromatic carbocycles. The van der Waals surface area contributed by atoms with E-state index in [-0.39, 0.29) is 24.3 Å². The maximum absolute atomic E-state index is 13.3. The Balaban J connectivity index is 1.24. The highest BCUT2D eigenvalue weighted by atomic mass is 16.5. The van der Waals surface area contributed by atoms with E-state index in [1.807, 2.05) is 36.1 Å². The molecule has 3 aromatic rings. The molecule has 1 saturated heterocycles. The van der Waals surface area contributed by atoms with Crippen LogP contribution in [0.2, 0.25) is 0 Å². The molecule has 6 N–H and O–H groups in total. The van der Waals surface area contributed by atoms with Crippen molar-refractivity contribution >= 4 is 29.1 Å². The Hall–Kier alpha value is -4.61. The molecule has 0 radical (unpaired) electrons. The zero-order valence-electron chi connectivity index (χ0n) is 29.1. The minimum Gasteiger partial charge on any atom is -0.493 e. The highest BCUT2D eigenvalue weighted by Crippen LogP contribution is 2.28. The molecule has 264 valence electrons. The first-order valence-corrected chi connectivity index (χ1v) is 17.2. The van der Waals surface area contributed by atoms with Gasteiger partial charge in [-0.05, 0) is 114 Å². The summed E-state index contributed by atoms with van der Waals surface area (Å²) < 4.78 is 11.8. The van der Waals surface area contributed by atoms with Crippen LogP contribution in [0.1, 0.15) is 76.8 Å². The second kappa shape index (κ2) is 18.8. The molecule has 0 atom stereocenters. The molecule has 0 bridgehead atoms. The van der Waals surface area contributed by atoms with Crippen LogP contribution in [0.3, 0.4) is 0 Å². The minimum atomic E-state index is -0.363. The fourth-order valence-electron chi connectivity index (χ4n) is 5.82. The first kappa shape index (κ1) is 37.2. The number of nitrogens with two attached hydrogens (primary N) is 2. The zero-order chi connectivity index (χ0) is 35.2. The first-order chi connectivity index (χ1) is 23.7. The van der Waals surface area contributed by atoms with Crippen molar-refractivity contribution in [1.29, 1.82) is 0 Å². The predicted molar refractivity (Wildman–Crippen MR) is 194 cm³/mol. The minimum absolute atomic E-state index is 0.224. The summed E-state index contributed by atoms with van der Waals surface area (Å²) in [6.45, 7) is 5.27. The predicted octanol–water partition coefficient (Wildman–Crippen LogP) is 4.98. The lowest BCUT2D eigenvalue weighted by atomic mass is 10.0. The second-order valence-corrected chi connectivity index (χ2v) is 12.8. The Morgan fingerprint density at radius 1 is 0.857 bits per heavy atom. The molecule has 1 heterocycles. The SMILES string of the molecule is Cc1ccc(NC(=O)c2ccc(CNC(=O)c3ccccc3OCCCN)cc2N)c(OCCCCCC(=O)N2CCC(N(C)C)CC2)c1. The number of para-hydroxylation sites is 1. The molecule has 0 saturated carbocycles. The van der Waals surface area contributed by atoms with Gasteiger partial charge < -0.3 is 41.4 Å². The van der Waals surface area contributed by atoms with Crippen LogP contribution >= 0.6 is 0 Å². The van der Waals surface area contributed by atoms with E-state index in [0.29, 0.717) is 72.6 Å². The van der Waals surface area contributed by atoms with E-state index in [1.54, 1.807) is 36.4 Å². The number of carbonyl (C=O) groups is 3. The fraction of sp³-hybridized carbons (Fsp3) is 0.447. The largest absolute Gasteiger partial charge is 0.493 e. The monoisotopic (exact) mass is 672 g/mol. The molecule has 0 aliphatic carbocycles. The quantitative estimate of drug-likeness (QED) is 0.116. The number of likely N-dealkylation sites (tertiary alicyclic amines) is 1. The first-order valence-electron chi connectivity index (χ1n) is 17.2. The summed E-state index contributed by atoms with van der Waals surface area (Å²) in [6, 6.07) is 18.3. The number of amides is 3. The summed E-state index contributed by atoms with van der Waals surface area (Å²) in [5.74, 6) is 0.680. The van der Waals surface area contributed by atoms with Gasteiger partial charge >= 0.3 is 0 Å². The van der Waals surface area contributed by atoms with Gasteiger partial charge in [0.25, 0.3) is 11.8 Å². The lowest BCUT2D eigenvalue weighted by molar-refractivity contribution is -0.132. The van der Waals surface area contributed by atoms with E-state index in [1.165, 1.54) is 0 Å². The van der Waals surface area contributed by atoms with E-state index in [0.717, 1.165) is 56.3 Å². The van der Waals surface area contributed by atoms with Gasteiger partial charge in [0.2, 0.25) is 5.91 Å². The number of rotatable bonds is 17. The molecule has 49 heavy (non-hydrogen) atoms. The van der Waals surface area contributed by atoms with E-state index in [9.17, 15) is 14.4 Å². The number of hydrogen-bond donors (Lipinski definition) is 4. The number of nitrogen functional groups attached to an aromatic ring is 1. The van der Waals surface area contributed by atoms with Crippen molar-refractivity contribution < 1.29 is 23.9 Å². The topological polar surface area (TPSA) is 152 Å². The Kier molecular flexibility index (Phi) is 14.3. The number of ether oxygens (including phenoxy) is 2. The van der Waals surface area contributed by atoms with Crippen LogP contribution in [0.25, 0.3) is 0 Å². The Morgan fingerprint density at radius 3 is 2.33 bits per heavy atom. The van der Waals surface area contributed by atoms with Gasteiger partial charge in [0.05, 0.1) is 30.0 Å². The molecular weight excluding hydrogens is 620 g/mol. The maximum atomic E-state index is 13.3. The van der Waals surface area contributed by atoms with E-state index in [4.69, 9.17) is 20.9 Å². The van der Waals surface area contributed by atoms with Gasteiger partial charge in [0.1, 0.15) is 11.5 Å². The lowest BCUT2D eigenvalue weighted by Gasteiger charge is -2.35. The molecule has 3 amide bonds.